The van der Waals surface area contributed by atoms with Crippen LogP contribution in [0.4, 0.5) is 34.1 Å². The minimum absolute atomic E-state index is 0.124. The zero-order chi connectivity index (χ0) is 48.4. The van der Waals surface area contributed by atoms with Gasteiger partial charge in [-0.25, -0.2) is 0 Å². The predicted molar refractivity (Wildman–Crippen MR) is 307 cm³/mol. The Morgan fingerprint density at radius 3 is 1.53 bits per heavy atom. The van der Waals surface area contributed by atoms with Crippen molar-refractivity contribution in [3.8, 4) is 33.4 Å². The Bertz CT molecular complexity index is 4030. The molecule has 10 aromatic carbocycles. The van der Waals surface area contributed by atoms with Gasteiger partial charge in [-0.2, -0.15) is 0 Å². The number of allylic oxidation sites excluding steroid dienone is 8. The predicted octanol–water partition coefficient (Wildman–Crippen LogP) is 18.8. The lowest BCUT2D eigenvalue weighted by molar-refractivity contribution is 0.660. The molecule has 0 N–H and O–H groups in total. The summed E-state index contributed by atoms with van der Waals surface area (Å²) in [4.78, 5) is 5.02. The summed E-state index contributed by atoms with van der Waals surface area (Å²) in [6, 6.07) is 76.0. The van der Waals surface area contributed by atoms with Gasteiger partial charge in [0.15, 0.2) is 0 Å². The fourth-order valence-electron chi connectivity index (χ4n) is 13.3. The number of fused-ring (bicyclic) bond motifs is 10. The second-order valence-electron chi connectivity index (χ2n) is 21.1. The van der Waals surface area contributed by atoms with E-state index in [2.05, 4.69) is 260 Å². The molecule has 0 saturated carbocycles. The molecule has 1 unspecified atom stereocenters. The first-order valence-electron chi connectivity index (χ1n) is 26.0. The van der Waals surface area contributed by atoms with E-state index in [1.54, 1.807) is 0 Å². The minimum atomic E-state index is -0.124. The fourth-order valence-corrected chi connectivity index (χ4v) is 13.3. The maximum Gasteiger partial charge on any atom is 0.0497 e. The third-order valence-corrected chi connectivity index (χ3v) is 16.8. The molecule has 1 atom stereocenters. The quantitative estimate of drug-likeness (QED) is 0.159. The highest BCUT2D eigenvalue weighted by atomic mass is 15.2. The van der Waals surface area contributed by atoms with Crippen LogP contribution in [0.15, 0.2) is 242 Å². The Hall–Kier alpha value is -8.72. The number of benzene rings is 10. The number of hydrogen-bond acceptors (Lipinski definition) is 2. The molecular weight excluding hydrogens is 881 g/mol. The molecule has 2 nitrogen and oxygen atoms in total. The van der Waals surface area contributed by atoms with Crippen molar-refractivity contribution in [2.45, 2.75) is 38.5 Å². The summed E-state index contributed by atoms with van der Waals surface area (Å²) in [5, 5.41) is 5.02. The van der Waals surface area contributed by atoms with Gasteiger partial charge in [0, 0.05) is 58.3 Å². The molecule has 346 valence electrons. The van der Waals surface area contributed by atoms with E-state index >= 15 is 0 Å². The monoisotopic (exact) mass is 932 g/mol. The van der Waals surface area contributed by atoms with Gasteiger partial charge in [0.05, 0.1) is 0 Å². The van der Waals surface area contributed by atoms with Crippen LogP contribution in [-0.4, -0.2) is 0 Å². The fraction of sp³-hybridized carbons (Fsp3) is 0.0986. The average molecular weight is 933 g/mol. The molecule has 0 radical (unpaired) electrons. The van der Waals surface area contributed by atoms with Crippen LogP contribution in [0.2, 0.25) is 0 Å². The van der Waals surface area contributed by atoms with Crippen LogP contribution in [0.3, 0.4) is 0 Å². The summed E-state index contributed by atoms with van der Waals surface area (Å²) < 4.78 is 0. The largest absolute Gasteiger partial charge is 0.310 e. The lowest BCUT2D eigenvalue weighted by Crippen LogP contribution is -2.18. The normalized spacial score (nSPS) is 16.4. The molecule has 2 aliphatic heterocycles. The highest BCUT2D eigenvalue weighted by Crippen LogP contribution is 2.54. The summed E-state index contributed by atoms with van der Waals surface area (Å²) >= 11 is 0. The lowest BCUT2D eigenvalue weighted by Gasteiger charge is -2.34. The molecular formula is C71H52N2. The molecule has 2 heteroatoms. The van der Waals surface area contributed by atoms with Crippen LogP contribution in [0.5, 0.6) is 0 Å². The van der Waals surface area contributed by atoms with Crippen molar-refractivity contribution in [1.29, 1.82) is 0 Å². The van der Waals surface area contributed by atoms with Crippen molar-refractivity contribution in [3.05, 3.63) is 281 Å². The van der Waals surface area contributed by atoms with Gasteiger partial charge in [-0.15, -0.1) is 0 Å². The van der Waals surface area contributed by atoms with Crippen LogP contribution in [-0.2, 0) is 18.3 Å². The summed E-state index contributed by atoms with van der Waals surface area (Å²) in [6.07, 6.45) is 16.6. The lowest BCUT2D eigenvalue weighted by atomic mass is 9.77. The minimum Gasteiger partial charge on any atom is -0.310 e. The Balaban J connectivity index is 1.04. The van der Waals surface area contributed by atoms with E-state index in [0.29, 0.717) is 5.92 Å². The van der Waals surface area contributed by atoms with Gasteiger partial charge in [-0.3, -0.25) is 0 Å². The van der Waals surface area contributed by atoms with Crippen LogP contribution in [0, 0.1) is 5.92 Å². The van der Waals surface area contributed by atoms with Gasteiger partial charge < -0.3 is 9.80 Å². The molecule has 2 heterocycles. The molecule has 0 bridgehead atoms. The number of anilines is 6. The molecule has 0 spiro atoms. The van der Waals surface area contributed by atoms with E-state index in [1.807, 2.05) is 0 Å². The Morgan fingerprint density at radius 1 is 0.411 bits per heavy atom. The zero-order valence-electron chi connectivity index (χ0n) is 41.1. The topological polar surface area (TPSA) is 6.48 Å². The van der Waals surface area contributed by atoms with Crippen LogP contribution in [0.1, 0.15) is 59.2 Å². The second kappa shape index (κ2) is 16.2. The van der Waals surface area contributed by atoms with E-state index in [4.69, 9.17) is 0 Å². The first kappa shape index (κ1) is 42.0. The van der Waals surface area contributed by atoms with E-state index < -0.39 is 0 Å². The van der Waals surface area contributed by atoms with Crippen molar-refractivity contribution < 1.29 is 0 Å². The molecule has 10 aromatic rings. The van der Waals surface area contributed by atoms with Crippen molar-refractivity contribution in [2.75, 3.05) is 9.80 Å². The zero-order valence-corrected chi connectivity index (χ0v) is 41.1. The van der Waals surface area contributed by atoms with E-state index in [-0.39, 0.29) is 5.41 Å². The molecule has 0 fully saturated rings. The average Bonchev–Trinajstić information content (AvgIpc) is 3.67. The molecule has 3 aliphatic carbocycles. The number of para-hydroxylation sites is 4. The van der Waals surface area contributed by atoms with Gasteiger partial charge in [0.2, 0.25) is 0 Å². The molecule has 0 saturated heterocycles. The SMILES string of the molecule is CC1(C)c2ccccc2-c2ccc(-c3ccccc3-c3c4ccc(N5c6ccccc6Cc6ccccc65)cc4c(C4=CC=C5C=CC=CC5C4)c4ccc(N5c6ccccc6Cc6ccccc65)cc34)cc21. The van der Waals surface area contributed by atoms with E-state index in [0.717, 1.165) is 24.9 Å². The van der Waals surface area contributed by atoms with Crippen LogP contribution < -0.4 is 9.80 Å². The molecule has 15 rings (SSSR count). The summed E-state index contributed by atoms with van der Waals surface area (Å²) in [5.74, 6) is 0.315. The molecule has 73 heavy (non-hydrogen) atoms. The smallest absolute Gasteiger partial charge is 0.0497 e. The second-order valence-corrected chi connectivity index (χ2v) is 21.1. The van der Waals surface area contributed by atoms with Gasteiger partial charge >= 0.3 is 0 Å². The van der Waals surface area contributed by atoms with Crippen LogP contribution >= 0.6 is 0 Å². The first-order chi connectivity index (χ1) is 36.0. The van der Waals surface area contributed by atoms with Gasteiger partial charge in [0.25, 0.3) is 0 Å². The Labute approximate surface area is 427 Å². The first-order valence-corrected chi connectivity index (χ1v) is 26.0. The summed E-state index contributed by atoms with van der Waals surface area (Å²) in [5.41, 5.74) is 27.0. The van der Waals surface area contributed by atoms with Crippen LogP contribution in [0.25, 0.3) is 60.5 Å². The maximum atomic E-state index is 2.52. The Kier molecular flexibility index (Phi) is 9.29. The molecule has 0 amide bonds. The van der Waals surface area contributed by atoms with Crippen molar-refractivity contribution in [3.63, 3.8) is 0 Å². The standard InChI is InChI=1S/C71H52N2/c1-71(2)63-26-12-11-24-56(63)57-36-33-47(42-64(57)71)55-23-9-10-25-58(55)70-60-38-35-53(72-65-27-13-5-19-48(65)40-49-20-6-14-28-66(49)72)43-61(60)69(52-32-31-45-17-3-4-18-46(45)39-52)59-37-34-54(44-62(59)70)73-67-29-15-7-21-50(67)41-51-22-8-16-30-68(51)73/h3-38,42-44,46H,39-41H2,1-2H3. The van der Waals surface area contributed by atoms with E-state index in [1.165, 1.54) is 133 Å². The molecule has 0 aromatic heterocycles. The summed E-state index contributed by atoms with van der Waals surface area (Å²) in [6.45, 7) is 4.78. The number of hydrogen-bond donors (Lipinski definition) is 0. The van der Waals surface area contributed by atoms with Crippen molar-refractivity contribution >= 4 is 61.2 Å². The number of rotatable bonds is 5. The summed E-state index contributed by atoms with van der Waals surface area (Å²) in [7, 11) is 0. The highest BCUT2D eigenvalue weighted by Gasteiger charge is 2.36. The Morgan fingerprint density at radius 2 is 0.918 bits per heavy atom. The van der Waals surface area contributed by atoms with Gasteiger partial charge in [-0.05, 0) is 166 Å². The number of nitrogens with zero attached hydrogens (tertiary/aromatic N) is 2. The van der Waals surface area contributed by atoms with E-state index in [9.17, 15) is 0 Å². The van der Waals surface area contributed by atoms with Gasteiger partial charge in [0.1, 0.15) is 0 Å². The third-order valence-electron chi connectivity index (χ3n) is 16.8. The molecule has 5 aliphatic rings. The van der Waals surface area contributed by atoms with Gasteiger partial charge in [-0.1, -0.05) is 196 Å². The van der Waals surface area contributed by atoms with Crippen molar-refractivity contribution in [1.82, 2.24) is 0 Å². The van der Waals surface area contributed by atoms with Crippen molar-refractivity contribution in [2.24, 2.45) is 5.92 Å². The highest BCUT2D eigenvalue weighted by molar-refractivity contribution is 6.21. The maximum absolute atomic E-state index is 2.52. The third kappa shape index (κ3) is 6.43.